The Balaban J connectivity index is 2.01. The Morgan fingerprint density at radius 1 is 0.967 bits per heavy atom. The first-order valence-corrected chi connectivity index (χ1v) is 9.77. The number of aromatic nitrogens is 1. The molecule has 1 heterocycles. The van der Waals surface area contributed by atoms with Gasteiger partial charge >= 0.3 is 0 Å². The average molecular weight is 403 g/mol. The van der Waals surface area contributed by atoms with Crippen LogP contribution in [0.2, 0.25) is 0 Å². The van der Waals surface area contributed by atoms with Crippen LogP contribution in [0.4, 0.5) is 0 Å². The van der Waals surface area contributed by atoms with Crippen LogP contribution >= 0.6 is 0 Å². The predicted octanol–water partition coefficient (Wildman–Crippen LogP) is 3.23. The Morgan fingerprint density at radius 2 is 1.63 bits per heavy atom. The van der Waals surface area contributed by atoms with Crippen LogP contribution in [0.1, 0.15) is 52.9 Å². The molecule has 3 N–H and O–H groups in total. The van der Waals surface area contributed by atoms with E-state index in [1.54, 1.807) is 49.5 Å². The number of nitrogens with two attached hydrogens (primary N) is 1. The molecule has 3 rings (SSSR count). The maximum Gasteiger partial charge on any atom is 0.268 e. The van der Waals surface area contributed by atoms with Crippen molar-refractivity contribution in [1.82, 2.24) is 9.88 Å². The minimum Gasteiger partial charge on any atom is -0.368 e. The van der Waals surface area contributed by atoms with Gasteiger partial charge in [0.1, 0.15) is 11.6 Å². The van der Waals surface area contributed by atoms with E-state index in [0.29, 0.717) is 22.7 Å². The van der Waals surface area contributed by atoms with Gasteiger partial charge in [-0.3, -0.25) is 19.0 Å². The number of rotatable bonds is 6. The third kappa shape index (κ3) is 4.33. The number of hydrogen-bond acceptors (Lipinski definition) is 3. The van der Waals surface area contributed by atoms with E-state index >= 15 is 0 Å². The Labute approximate surface area is 175 Å². The van der Waals surface area contributed by atoms with Gasteiger partial charge in [-0.2, -0.15) is 0 Å². The summed E-state index contributed by atoms with van der Waals surface area (Å²) >= 11 is 0. The fourth-order valence-corrected chi connectivity index (χ4v) is 3.31. The fraction of sp³-hybridized carbons (Fsp3) is 0.208. The molecule has 0 saturated heterocycles. The van der Waals surface area contributed by atoms with Crippen molar-refractivity contribution >= 4 is 11.8 Å². The van der Waals surface area contributed by atoms with Crippen molar-refractivity contribution in [3.8, 4) is 5.69 Å². The molecule has 154 valence electrons. The number of amides is 2. The Bertz CT molecular complexity index is 1130. The summed E-state index contributed by atoms with van der Waals surface area (Å²) in [4.78, 5) is 38.1. The van der Waals surface area contributed by atoms with Gasteiger partial charge in [0.25, 0.3) is 11.5 Å². The first kappa shape index (κ1) is 21.0. The quantitative estimate of drug-likeness (QED) is 0.662. The summed E-state index contributed by atoms with van der Waals surface area (Å²) in [5, 5.41) is 2.61. The second-order valence-electron chi connectivity index (χ2n) is 7.52. The molecule has 0 unspecified atom stereocenters. The number of aryl methyl sites for hydroxylation is 1. The fourth-order valence-electron chi connectivity index (χ4n) is 3.31. The number of pyridine rings is 1. The minimum absolute atomic E-state index is 0.0189. The van der Waals surface area contributed by atoms with Gasteiger partial charge < -0.3 is 11.1 Å². The molecular weight excluding hydrogens is 378 g/mol. The van der Waals surface area contributed by atoms with E-state index < -0.39 is 23.4 Å². The zero-order valence-electron chi connectivity index (χ0n) is 17.3. The van der Waals surface area contributed by atoms with Crippen molar-refractivity contribution in [2.45, 2.75) is 32.7 Å². The zero-order chi connectivity index (χ0) is 21.8. The topological polar surface area (TPSA) is 94.2 Å². The summed E-state index contributed by atoms with van der Waals surface area (Å²) in [6, 6.07) is 17.0. The standard InChI is InChI=1S/C24H25N3O3/c1-15(2)18-10-7-11-19(14-18)27-13-12-16(3)20(24(27)30)23(29)26-21(22(25)28)17-8-5-4-6-9-17/h4-15,21H,1-3H3,(H2,25,28)(H,26,29)/t21-/m0/s1. The smallest absolute Gasteiger partial charge is 0.268 e. The molecule has 0 aliphatic heterocycles. The van der Waals surface area contributed by atoms with E-state index in [4.69, 9.17) is 5.73 Å². The first-order chi connectivity index (χ1) is 14.3. The highest BCUT2D eigenvalue weighted by Crippen LogP contribution is 2.18. The molecule has 0 aliphatic rings. The Kier molecular flexibility index (Phi) is 6.16. The summed E-state index contributed by atoms with van der Waals surface area (Å²) in [6.45, 7) is 5.83. The maximum absolute atomic E-state index is 13.2. The van der Waals surface area contributed by atoms with Crippen LogP contribution in [-0.2, 0) is 4.79 Å². The molecule has 6 heteroatoms. The van der Waals surface area contributed by atoms with Gasteiger partial charge in [0, 0.05) is 11.9 Å². The van der Waals surface area contributed by atoms with E-state index in [2.05, 4.69) is 19.2 Å². The van der Waals surface area contributed by atoms with Crippen LogP contribution in [-0.4, -0.2) is 16.4 Å². The lowest BCUT2D eigenvalue weighted by molar-refractivity contribution is -0.120. The Morgan fingerprint density at radius 3 is 2.27 bits per heavy atom. The van der Waals surface area contributed by atoms with Crippen molar-refractivity contribution in [2.24, 2.45) is 5.73 Å². The molecule has 0 spiro atoms. The van der Waals surface area contributed by atoms with E-state index in [1.165, 1.54) is 4.57 Å². The molecule has 1 aromatic heterocycles. The monoisotopic (exact) mass is 403 g/mol. The summed E-state index contributed by atoms with van der Waals surface area (Å²) in [7, 11) is 0. The molecule has 0 fully saturated rings. The summed E-state index contributed by atoms with van der Waals surface area (Å²) in [6.07, 6.45) is 1.65. The number of primary amides is 1. The highest BCUT2D eigenvalue weighted by molar-refractivity contribution is 5.98. The van der Waals surface area contributed by atoms with Crippen molar-refractivity contribution in [3.63, 3.8) is 0 Å². The van der Waals surface area contributed by atoms with Crippen molar-refractivity contribution in [1.29, 1.82) is 0 Å². The van der Waals surface area contributed by atoms with Gasteiger partial charge in [0.15, 0.2) is 0 Å². The number of nitrogens with one attached hydrogen (secondary N) is 1. The van der Waals surface area contributed by atoms with Gasteiger partial charge in [0.05, 0.1) is 0 Å². The van der Waals surface area contributed by atoms with Gasteiger partial charge in [-0.1, -0.05) is 56.3 Å². The minimum atomic E-state index is -1.03. The third-order valence-electron chi connectivity index (χ3n) is 5.04. The van der Waals surface area contributed by atoms with E-state index in [-0.39, 0.29) is 5.56 Å². The molecule has 0 saturated carbocycles. The molecule has 0 bridgehead atoms. The normalized spacial score (nSPS) is 11.9. The molecule has 0 radical (unpaired) electrons. The number of hydrogen-bond donors (Lipinski definition) is 2. The second-order valence-corrected chi connectivity index (χ2v) is 7.52. The highest BCUT2D eigenvalue weighted by Gasteiger charge is 2.24. The van der Waals surface area contributed by atoms with Crippen molar-refractivity contribution in [3.05, 3.63) is 99.5 Å². The maximum atomic E-state index is 13.2. The zero-order valence-corrected chi connectivity index (χ0v) is 17.3. The number of nitrogens with zero attached hydrogens (tertiary/aromatic N) is 1. The number of carbonyl (C=O) groups excluding carboxylic acids is 2. The van der Waals surface area contributed by atoms with Gasteiger partial charge in [-0.15, -0.1) is 0 Å². The molecule has 3 aromatic rings. The summed E-state index contributed by atoms with van der Waals surface area (Å²) in [5.74, 6) is -1.04. The molecule has 1 atom stereocenters. The number of benzene rings is 2. The highest BCUT2D eigenvalue weighted by atomic mass is 16.2. The van der Waals surface area contributed by atoms with Crippen LogP contribution in [0.5, 0.6) is 0 Å². The first-order valence-electron chi connectivity index (χ1n) is 9.77. The lowest BCUT2D eigenvalue weighted by atomic mass is 10.0. The van der Waals surface area contributed by atoms with E-state index in [1.807, 2.05) is 24.3 Å². The van der Waals surface area contributed by atoms with E-state index in [0.717, 1.165) is 5.56 Å². The van der Waals surface area contributed by atoms with Gasteiger partial charge in [0.2, 0.25) is 5.91 Å². The van der Waals surface area contributed by atoms with Crippen molar-refractivity contribution in [2.75, 3.05) is 0 Å². The molecule has 2 aromatic carbocycles. The largest absolute Gasteiger partial charge is 0.368 e. The van der Waals surface area contributed by atoms with Crippen LogP contribution < -0.4 is 16.6 Å². The summed E-state index contributed by atoms with van der Waals surface area (Å²) in [5.41, 5.74) is 7.86. The molecule has 2 amide bonds. The SMILES string of the molecule is Cc1ccn(-c2cccc(C(C)C)c2)c(=O)c1C(=O)N[C@H](C(N)=O)c1ccccc1. The molecule has 30 heavy (non-hydrogen) atoms. The third-order valence-corrected chi connectivity index (χ3v) is 5.04. The second kappa shape index (κ2) is 8.78. The van der Waals surface area contributed by atoms with Crippen LogP contribution in [0.3, 0.4) is 0 Å². The number of carbonyl (C=O) groups is 2. The molecular formula is C24H25N3O3. The van der Waals surface area contributed by atoms with Crippen LogP contribution in [0.15, 0.2) is 71.7 Å². The lowest BCUT2D eigenvalue weighted by Gasteiger charge is -2.17. The molecule has 0 aliphatic carbocycles. The average Bonchev–Trinajstić information content (AvgIpc) is 2.72. The van der Waals surface area contributed by atoms with Gasteiger partial charge in [-0.25, -0.2) is 0 Å². The predicted molar refractivity (Wildman–Crippen MR) is 117 cm³/mol. The van der Waals surface area contributed by atoms with Crippen LogP contribution in [0.25, 0.3) is 5.69 Å². The van der Waals surface area contributed by atoms with Crippen LogP contribution in [0, 0.1) is 6.92 Å². The Hall–Kier alpha value is -3.67. The van der Waals surface area contributed by atoms with Gasteiger partial charge in [-0.05, 0) is 47.7 Å². The van der Waals surface area contributed by atoms with Crippen molar-refractivity contribution < 1.29 is 9.59 Å². The molecule has 6 nitrogen and oxygen atoms in total. The lowest BCUT2D eigenvalue weighted by Crippen LogP contribution is -2.40. The summed E-state index contributed by atoms with van der Waals surface area (Å²) < 4.78 is 1.44. The van der Waals surface area contributed by atoms with E-state index in [9.17, 15) is 14.4 Å².